The van der Waals surface area contributed by atoms with Gasteiger partial charge in [-0.15, -0.1) is 0 Å². The van der Waals surface area contributed by atoms with Crippen LogP contribution in [0.1, 0.15) is 55.3 Å². The van der Waals surface area contributed by atoms with Gasteiger partial charge in [-0.25, -0.2) is 0 Å². The lowest BCUT2D eigenvalue weighted by molar-refractivity contribution is -0.111. The van der Waals surface area contributed by atoms with E-state index in [4.69, 9.17) is 0 Å². The fraction of sp³-hybridized carbons (Fsp3) is 0.474. The molecule has 0 atom stereocenters. The zero-order valence-corrected chi connectivity index (χ0v) is 13.4. The lowest BCUT2D eigenvalue weighted by atomic mass is 9.82. The van der Waals surface area contributed by atoms with E-state index in [1.807, 2.05) is 0 Å². The van der Waals surface area contributed by atoms with Crippen molar-refractivity contribution in [3.8, 4) is 0 Å². The maximum atomic E-state index is 12.5. The molecular formula is C19H24N2O2. The summed E-state index contributed by atoms with van der Waals surface area (Å²) in [7, 11) is 0. The van der Waals surface area contributed by atoms with Gasteiger partial charge in [-0.3, -0.25) is 9.59 Å². The molecule has 3 rings (SSSR count). The average Bonchev–Trinajstić information content (AvgIpc) is 3.37. The number of carbonyl (C=O) groups excluding carboxylic acids is 2. The molecule has 122 valence electrons. The maximum absolute atomic E-state index is 12.5. The molecule has 1 aromatic carbocycles. The monoisotopic (exact) mass is 312 g/mol. The first kappa shape index (κ1) is 15.8. The summed E-state index contributed by atoms with van der Waals surface area (Å²) in [5.41, 5.74) is 1.36. The minimum atomic E-state index is -0.253. The summed E-state index contributed by atoms with van der Waals surface area (Å²) in [6, 6.07) is 7.00. The highest BCUT2D eigenvalue weighted by Crippen LogP contribution is 2.48. The van der Waals surface area contributed by atoms with E-state index >= 15 is 0 Å². The zero-order valence-electron chi connectivity index (χ0n) is 13.4. The summed E-state index contributed by atoms with van der Waals surface area (Å²) in [4.78, 5) is 23.8. The largest absolute Gasteiger partial charge is 0.346 e. The zero-order chi connectivity index (χ0) is 16.3. The van der Waals surface area contributed by atoms with Crippen molar-refractivity contribution >= 4 is 17.5 Å². The lowest BCUT2D eigenvalue weighted by Crippen LogP contribution is -2.43. The Balaban J connectivity index is 1.62. The Kier molecular flexibility index (Phi) is 4.51. The number of anilines is 1. The second-order valence-electron chi connectivity index (χ2n) is 6.72. The number of hydrogen-bond donors (Lipinski definition) is 2. The van der Waals surface area contributed by atoms with E-state index < -0.39 is 0 Å². The maximum Gasteiger partial charge on any atom is 0.251 e. The molecule has 0 aromatic heterocycles. The number of benzene rings is 1. The Morgan fingerprint density at radius 1 is 1.09 bits per heavy atom. The van der Waals surface area contributed by atoms with Gasteiger partial charge in [0.15, 0.2) is 0 Å². The molecule has 0 saturated heterocycles. The smallest absolute Gasteiger partial charge is 0.251 e. The van der Waals surface area contributed by atoms with E-state index in [2.05, 4.69) is 17.2 Å². The molecule has 2 fully saturated rings. The normalized spacial score (nSPS) is 19.7. The molecule has 0 radical (unpaired) electrons. The molecule has 0 heterocycles. The Bertz CT molecular complexity index is 596. The molecule has 23 heavy (non-hydrogen) atoms. The van der Waals surface area contributed by atoms with Crippen LogP contribution in [0.4, 0.5) is 5.69 Å². The number of rotatable bonds is 5. The molecule has 0 unspecified atom stereocenters. The van der Waals surface area contributed by atoms with E-state index in [-0.39, 0.29) is 17.4 Å². The molecule has 0 spiro atoms. The van der Waals surface area contributed by atoms with Crippen LogP contribution in [-0.4, -0.2) is 17.4 Å². The molecule has 4 nitrogen and oxygen atoms in total. The van der Waals surface area contributed by atoms with Crippen molar-refractivity contribution in [1.29, 1.82) is 0 Å². The number of amides is 2. The minimum Gasteiger partial charge on any atom is -0.346 e. The predicted octanol–water partition coefficient (Wildman–Crippen LogP) is 3.65. The number of carbonyl (C=O) groups is 2. The summed E-state index contributed by atoms with van der Waals surface area (Å²) in [5, 5.41) is 5.96. The van der Waals surface area contributed by atoms with Gasteiger partial charge in [0, 0.05) is 16.8 Å². The lowest BCUT2D eigenvalue weighted by Gasteiger charge is -2.31. The van der Waals surface area contributed by atoms with Crippen LogP contribution < -0.4 is 10.6 Å². The Labute approximate surface area is 137 Å². The quantitative estimate of drug-likeness (QED) is 0.815. The third kappa shape index (κ3) is 3.63. The highest BCUT2D eigenvalue weighted by molar-refractivity contribution is 5.99. The molecule has 2 aliphatic carbocycles. The highest BCUT2D eigenvalue weighted by Gasteiger charge is 2.50. The SMILES string of the molecule is C=CC(=O)Nc1ccc(C(=O)NC2(C3CCCCC3)CC2)cc1. The number of hydrogen-bond acceptors (Lipinski definition) is 2. The van der Waals surface area contributed by atoms with Crippen LogP contribution >= 0.6 is 0 Å². The van der Waals surface area contributed by atoms with Crippen LogP contribution in [0.2, 0.25) is 0 Å². The van der Waals surface area contributed by atoms with Crippen LogP contribution in [0.15, 0.2) is 36.9 Å². The summed E-state index contributed by atoms with van der Waals surface area (Å²) in [6.45, 7) is 3.42. The molecular weight excluding hydrogens is 288 g/mol. The standard InChI is InChI=1S/C19H24N2O2/c1-2-17(22)20-16-10-8-14(9-11-16)18(23)21-19(12-13-19)15-6-4-3-5-7-15/h2,8-11,15H,1,3-7,12-13H2,(H,20,22)(H,21,23). The molecule has 2 amide bonds. The predicted molar refractivity (Wildman–Crippen MR) is 91.3 cm³/mol. The molecule has 2 aliphatic rings. The average molecular weight is 312 g/mol. The third-order valence-electron chi connectivity index (χ3n) is 5.14. The van der Waals surface area contributed by atoms with Crippen molar-refractivity contribution in [2.24, 2.45) is 5.92 Å². The van der Waals surface area contributed by atoms with Crippen LogP contribution in [0.25, 0.3) is 0 Å². The van der Waals surface area contributed by atoms with Gasteiger partial charge in [0.05, 0.1) is 0 Å². The Hall–Kier alpha value is -2.10. The van der Waals surface area contributed by atoms with Crippen molar-refractivity contribution in [3.63, 3.8) is 0 Å². The molecule has 2 N–H and O–H groups in total. The Morgan fingerprint density at radius 3 is 2.30 bits per heavy atom. The van der Waals surface area contributed by atoms with Crippen LogP contribution in [0.5, 0.6) is 0 Å². The van der Waals surface area contributed by atoms with Crippen LogP contribution in [-0.2, 0) is 4.79 Å². The van der Waals surface area contributed by atoms with Crippen molar-refractivity contribution in [1.82, 2.24) is 5.32 Å². The van der Waals surface area contributed by atoms with Gasteiger partial charge in [-0.2, -0.15) is 0 Å². The van der Waals surface area contributed by atoms with Gasteiger partial charge in [-0.05, 0) is 61.9 Å². The number of nitrogens with one attached hydrogen (secondary N) is 2. The van der Waals surface area contributed by atoms with Crippen molar-refractivity contribution in [2.45, 2.75) is 50.5 Å². The van der Waals surface area contributed by atoms with E-state index in [0.29, 0.717) is 17.2 Å². The molecule has 4 heteroatoms. The molecule has 0 aliphatic heterocycles. The first-order chi connectivity index (χ1) is 11.1. The Morgan fingerprint density at radius 2 is 1.74 bits per heavy atom. The fourth-order valence-corrected chi connectivity index (χ4v) is 3.62. The van der Waals surface area contributed by atoms with Crippen LogP contribution in [0, 0.1) is 5.92 Å². The topological polar surface area (TPSA) is 58.2 Å². The van der Waals surface area contributed by atoms with E-state index in [0.717, 1.165) is 12.8 Å². The van der Waals surface area contributed by atoms with Crippen molar-refractivity contribution < 1.29 is 9.59 Å². The van der Waals surface area contributed by atoms with Crippen LogP contribution in [0.3, 0.4) is 0 Å². The van der Waals surface area contributed by atoms with Gasteiger partial charge in [-0.1, -0.05) is 25.8 Å². The van der Waals surface area contributed by atoms with E-state index in [1.54, 1.807) is 24.3 Å². The van der Waals surface area contributed by atoms with E-state index in [9.17, 15) is 9.59 Å². The summed E-state index contributed by atoms with van der Waals surface area (Å²) in [5.74, 6) is 0.387. The van der Waals surface area contributed by atoms with Crippen molar-refractivity contribution in [3.05, 3.63) is 42.5 Å². The van der Waals surface area contributed by atoms with Crippen molar-refractivity contribution in [2.75, 3.05) is 5.32 Å². The molecule has 1 aromatic rings. The third-order valence-corrected chi connectivity index (χ3v) is 5.14. The first-order valence-electron chi connectivity index (χ1n) is 8.49. The minimum absolute atomic E-state index is 0.00493. The second-order valence-corrected chi connectivity index (χ2v) is 6.72. The summed E-state index contributed by atoms with van der Waals surface area (Å²) in [6.07, 6.45) is 9.84. The fourth-order valence-electron chi connectivity index (χ4n) is 3.62. The van der Waals surface area contributed by atoms with Gasteiger partial charge >= 0.3 is 0 Å². The highest BCUT2D eigenvalue weighted by atomic mass is 16.2. The van der Waals surface area contributed by atoms with Gasteiger partial charge in [0.2, 0.25) is 5.91 Å². The van der Waals surface area contributed by atoms with Gasteiger partial charge < -0.3 is 10.6 Å². The summed E-state index contributed by atoms with van der Waals surface area (Å²) < 4.78 is 0. The molecule has 0 bridgehead atoms. The summed E-state index contributed by atoms with van der Waals surface area (Å²) >= 11 is 0. The first-order valence-corrected chi connectivity index (χ1v) is 8.49. The van der Waals surface area contributed by atoms with Gasteiger partial charge in [0.25, 0.3) is 5.91 Å². The van der Waals surface area contributed by atoms with Gasteiger partial charge in [0.1, 0.15) is 0 Å². The second kappa shape index (κ2) is 6.57. The molecule has 2 saturated carbocycles. The van der Waals surface area contributed by atoms with E-state index in [1.165, 1.54) is 38.2 Å².